The molecule has 0 spiro atoms. The fraction of sp³-hybridized carbons (Fsp3) is 0.636. The van der Waals surface area contributed by atoms with E-state index >= 15 is 0 Å². The Morgan fingerprint density at radius 3 is 2.71 bits per heavy atom. The van der Waals surface area contributed by atoms with E-state index in [-0.39, 0.29) is 6.42 Å². The van der Waals surface area contributed by atoms with E-state index in [1.807, 2.05) is 6.92 Å². The van der Waals surface area contributed by atoms with Crippen LogP contribution in [0.15, 0.2) is 18.4 Å². The van der Waals surface area contributed by atoms with Crippen molar-refractivity contribution in [2.75, 3.05) is 6.61 Å². The Hall–Kier alpha value is -1.05. The average Bonchev–Trinajstić information content (AvgIpc) is 2.04. The van der Waals surface area contributed by atoms with Gasteiger partial charge in [-0.05, 0) is 19.4 Å². The van der Waals surface area contributed by atoms with Gasteiger partial charge in [0.05, 0.1) is 13.0 Å². The number of hydrogen-bond donors (Lipinski definition) is 1. The van der Waals surface area contributed by atoms with Gasteiger partial charge in [0.2, 0.25) is 0 Å². The Kier molecular flexibility index (Phi) is 5.93. The summed E-state index contributed by atoms with van der Waals surface area (Å²) in [6.07, 6.45) is 2.69. The highest BCUT2D eigenvalue weighted by Gasteiger charge is 2.26. The molecule has 0 amide bonds. The largest absolute Gasteiger partial charge is 0.466 e. The third kappa shape index (κ3) is 4.85. The molecule has 0 heterocycles. The van der Waals surface area contributed by atoms with E-state index in [1.54, 1.807) is 6.92 Å². The molecule has 3 heteroatoms. The summed E-state index contributed by atoms with van der Waals surface area (Å²) in [5.74, 6) is -0.394. The summed E-state index contributed by atoms with van der Waals surface area (Å²) < 4.78 is 4.76. The Labute approximate surface area is 85.1 Å². The first-order chi connectivity index (χ1) is 6.58. The summed E-state index contributed by atoms with van der Waals surface area (Å²) in [6.45, 7) is 7.39. The third-order valence-corrected chi connectivity index (χ3v) is 1.81. The quantitative estimate of drug-likeness (QED) is 0.523. The van der Waals surface area contributed by atoms with Crippen molar-refractivity contribution in [3.63, 3.8) is 0 Å². The number of rotatable bonds is 6. The normalized spacial score (nSPS) is 13.9. The van der Waals surface area contributed by atoms with Crippen LogP contribution in [0.2, 0.25) is 0 Å². The minimum Gasteiger partial charge on any atom is -0.466 e. The maximum atomic E-state index is 11.2. The molecule has 0 aliphatic carbocycles. The van der Waals surface area contributed by atoms with Crippen molar-refractivity contribution >= 4 is 5.97 Å². The molecule has 14 heavy (non-hydrogen) atoms. The van der Waals surface area contributed by atoms with Gasteiger partial charge in [-0.15, -0.1) is 5.73 Å². The third-order valence-electron chi connectivity index (χ3n) is 1.81. The molecule has 0 aromatic carbocycles. The van der Waals surface area contributed by atoms with Gasteiger partial charge in [-0.25, -0.2) is 0 Å². The SMILES string of the molecule is C=C=CC(O)(CCC)CC(=O)OCC. The van der Waals surface area contributed by atoms with Gasteiger partial charge in [0.25, 0.3) is 0 Å². The summed E-state index contributed by atoms with van der Waals surface area (Å²) in [5.41, 5.74) is 1.36. The fourth-order valence-electron chi connectivity index (χ4n) is 1.30. The Morgan fingerprint density at radius 2 is 2.29 bits per heavy atom. The van der Waals surface area contributed by atoms with E-state index in [2.05, 4.69) is 12.3 Å². The number of carbonyl (C=O) groups excluding carboxylic acids is 1. The summed E-state index contributed by atoms with van der Waals surface area (Å²) in [7, 11) is 0. The molecule has 0 aromatic rings. The van der Waals surface area contributed by atoms with Gasteiger partial charge < -0.3 is 9.84 Å². The van der Waals surface area contributed by atoms with Gasteiger partial charge >= 0.3 is 5.97 Å². The lowest BCUT2D eigenvalue weighted by Gasteiger charge is -2.21. The van der Waals surface area contributed by atoms with E-state index in [0.717, 1.165) is 6.42 Å². The van der Waals surface area contributed by atoms with Gasteiger partial charge in [0, 0.05) is 0 Å². The van der Waals surface area contributed by atoms with Crippen LogP contribution in [0.5, 0.6) is 0 Å². The first-order valence-electron chi connectivity index (χ1n) is 4.83. The lowest BCUT2D eigenvalue weighted by atomic mass is 9.94. The minimum absolute atomic E-state index is 0.0306. The van der Waals surface area contributed by atoms with Crippen LogP contribution in [0, 0.1) is 0 Å². The first-order valence-corrected chi connectivity index (χ1v) is 4.83. The first kappa shape index (κ1) is 12.9. The Bertz CT molecular complexity index is 229. The Balaban J connectivity index is 4.35. The molecular formula is C11H18O3. The predicted octanol–water partition coefficient (Wildman–Crippen LogP) is 1.81. The maximum absolute atomic E-state index is 11.2. The summed E-state index contributed by atoms with van der Waals surface area (Å²) in [6, 6.07) is 0. The molecule has 1 N–H and O–H groups in total. The molecule has 0 saturated carbocycles. The molecule has 1 unspecified atom stereocenters. The minimum atomic E-state index is -1.15. The highest BCUT2D eigenvalue weighted by atomic mass is 16.5. The van der Waals surface area contributed by atoms with Crippen LogP contribution in [-0.2, 0) is 9.53 Å². The molecular weight excluding hydrogens is 180 g/mol. The molecule has 80 valence electrons. The molecule has 1 atom stereocenters. The molecule has 0 saturated heterocycles. The second kappa shape index (κ2) is 6.41. The molecule has 0 aliphatic rings. The van der Waals surface area contributed by atoms with Gasteiger partial charge in [-0.3, -0.25) is 4.79 Å². The molecule has 0 radical (unpaired) electrons. The maximum Gasteiger partial charge on any atom is 0.309 e. The van der Waals surface area contributed by atoms with E-state index in [4.69, 9.17) is 4.74 Å². The molecule has 0 bridgehead atoms. The van der Waals surface area contributed by atoms with Crippen molar-refractivity contribution in [2.45, 2.75) is 38.7 Å². The number of carbonyl (C=O) groups is 1. The highest BCUT2D eigenvalue weighted by molar-refractivity contribution is 5.71. The van der Waals surface area contributed by atoms with Crippen molar-refractivity contribution in [3.8, 4) is 0 Å². The second-order valence-corrected chi connectivity index (χ2v) is 3.18. The van der Waals surface area contributed by atoms with Crippen LogP contribution in [0.1, 0.15) is 33.1 Å². The standard InChI is InChI=1S/C11H18O3/c1-4-7-11(13,8-5-2)9-10(12)14-6-3/h7,13H,1,5-6,8-9H2,2-3H3. The summed E-state index contributed by atoms with van der Waals surface area (Å²) in [4.78, 5) is 11.2. The van der Waals surface area contributed by atoms with Gasteiger partial charge in [-0.2, -0.15) is 0 Å². The summed E-state index contributed by atoms with van der Waals surface area (Å²) in [5, 5.41) is 9.95. The van der Waals surface area contributed by atoms with Crippen molar-refractivity contribution < 1.29 is 14.6 Å². The van der Waals surface area contributed by atoms with E-state index in [0.29, 0.717) is 13.0 Å². The van der Waals surface area contributed by atoms with Crippen molar-refractivity contribution in [1.82, 2.24) is 0 Å². The zero-order valence-corrected chi connectivity index (χ0v) is 8.88. The van der Waals surface area contributed by atoms with Gasteiger partial charge in [0.1, 0.15) is 5.60 Å². The molecule has 0 aromatic heterocycles. The van der Waals surface area contributed by atoms with Crippen LogP contribution < -0.4 is 0 Å². The van der Waals surface area contributed by atoms with Crippen LogP contribution >= 0.6 is 0 Å². The van der Waals surface area contributed by atoms with Crippen LogP contribution in [0.3, 0.4) is 0 Å². The van der Waals surface area contributed by atoms with E-state index in [9.17, 15) is 9.90 Å². The predicted molar refractivity (Wildman–Crippen MR) is 54.8 cm³/mol. The molecule has 0 aliphatic heterocycles. The molecule has 0 rings (SSSR count). The van der Waals surface area contributed by atoms with Crippen molar-refractivity contribution in [2.24, 2.45) is 0 Å². The van der Waals surface area contributed by atoms with Crippen LogP contribution in [0.4, 0.5) is 0 Å². The van der Waals surface area contributed by atoms with E-state index in [1.165, 1.54) is 6.08 Å². The lowest BCUT2D eigenvalue weighted by Crippen LogP contribution is -2.29. The summed E-state index contributed by atoms with van der Waals surface area (Å²) >= 11 is 0. The second-order valence-electron chi connectivity index (χ2n) is 3.18. The topological polar surface area (TPSA) is 46.5 Å². The fourth-order valence-corrected chi connectivity index (χ4v) is 1.30. The van der Waals surface area contributed by atoms with Crippen LogP contribution in [0.25, 0.3) is 0 Å². The molecule has 0 fully saturated rings. The lowest BCUT2D eigenvalue weighted by molar-refractivity contribution is -0.147. The smallest absolute Gasteiger partial charge is 0.309 e. The number of esters is 1. The highest BCUT2D eigenvalue weighted by Crippen LogP contribution is 2.19. The zero-order chi connectivity index (χ0) is 11.0. The van der Waals surface area contributed by atoms with E-state index < -0.39 is 11.6 Å². The van der Waals surface area contributed by atoms with Crippen molar-refractivity contribution in [1.29, 1.82) is 0 Å². The zero-order valence-electron chi connectivity index (χ0n) is 8.88. The number of aliphatic hydroxyl groups is 1. The monoisotopic (exact) mass is 198 g/mol. The van der Waals surface area contributed by atoms with Gasteiger partial charge in [0.15, 0.2) is 0 Å². The molecule has 3 nitrogen and oxygen atoms in total. The Morgan fingerprint density at radius 1 is 1.64 bits per heavy atom. The average molecular weight is 198 g/mol. The van der Waals surface area contributed by atoms with Crippen LogP contribution in [-0.4, -0.2) is 23.3 Å². The van der Waals surface area contributed by atoms with Crippen molar-refractivity contribution in [3.05, 3.63) is 18.4 Å². The van der Waals surface area contributed by atoms with Gasteiger partial charge in [-0.1, -0.05) is 19.9 Å². The number of ether oxygens (including phenoxy) is 1. The number of hydrogen-bond acceptors (Lipinski definition) is 3.